The van der Waals surface area contributed by atoms with E-state index in [0.29, 0.717) is 22.8 Å². The number of aliphatic hydroxyl groups is 1. The second kappa shape index (κ2) is 5.58. The van der Waals surface area contributed by atoms with Crippen molar-refractivity contribution in [1.29, 1.82) is 0 Å². The van der Waals surface area contributed by atoms with Crippen molar-refractivity contribution in [1.82, 2.24) is 0 Å². The Balaban J connectivity index is 3.36. The zero-order chi connectivity index (χ0) is 12.1. The minimum Gasteiger partial charge on any atom is -0.496 e. The molecule has 0 amide bonds. The molecule has 0 radical (unpaired) electrons. The van der Waals surface area contributed by atoms with E-state index in [1.54, 1.807) is 19.2 Å². The van der Waals surface area contributed by atoms with Crippen molar-refractivity contribution in [2.75, 3.05) is 27.9 Å². The fourth-order valence-corrected chi connectivity index (χ4v) is 1.55. The van der Waals surface area contributed by atoms with E-state index in [0.717, 1.165) is 0 Å². The highest BCUT2D eigenvalue weighted by Gasteiger charge is 2.20. The van der Waals surface area contributed by atoms with E-state index in [9.17, 15) is 0 Å². The first kappa shape index (κ1) is 12.6. The summed E-state index contributed by atoms with van der Waals surface area (Å²) in [6.45, 7) is -0.195. The average molecular weight is 227 g/mol. The number of nitrogens with two attached hydrogens (primary N) is 1. The van der Waals surface area contributed by atoms with Crippen LogP contribution >= 0.6 is 0 Å². The Labute approximate surface area is 94.7 Å². The van der Waals surface area contributed by atoms with E-state index in [1.807, 2.05) is 0 Å². The molecule has 0 saturated heterocycles. The third-order valence-electron chi connectivity index (χ3n) is 2.33. The van der Waals surface area contributed by atoms with Crippen molar-refractivity contribution in [3.63, 3.8) is 0 Å². The lowest BCUT2D eigenvalue weighted by Crippen LogP contribution is -2.17. The van der Waals surface area contributed by atoms with Crippen LogP contribution in [0, 0.1) is 0 Å². The van der Waals surface area contributed by atoms with Crippen LogP contribution in [0.5, 0.6) is 17.2 Å². The molecule has 0 fully saturated rings. The van der Waals surface area contributed by atoms with Crippen molar-refractivity contribution in [2.24, 2.45) is 5.73 Å². The Hall–Kier alpha value is -1.46. The van der Waals surface area contributed by atoms with E-state index >= 15 is 0 Å². The van der Waals surface area contributed by atoms with Gasteiger partial charge in [0, 0.05) is 0 Å². The lowest BCUT2D eigenvalue weighted by Gasteiger charge is -2.19. The van der Waals surface area contributed by atoms with Gasteiger partial charge in [0.05, 0.1) is 39.5 Å². The maximum Gasteiger partial charge on any atom is 0.169 e. The molecule has 1 atom stereocenters. The van der Waals surface area contributed by atoms with Gasteiger partial charge in [0.15, 0.2) is 11.5 Å². The Bertz CT molecular complexity index is 354. The maximum atomic E-state index is 9.11. The monoisotopic (exact) mass is 227 g/mol. The van der Waals surface area contributed by atoms with E-state index in [2.05, 4.69) is 0 Å². The Kier molecular flexibility index (Phi) is 4.39. The molecule has 1 rings (SSSR count). The molecule has 16 heavy (non-hydrogen) atoms. The van der Waals surface area contributed by atoms with Crippen LogP contribution < -0.4 is 19.9 Å². The highest BCUT2D eigenvalue weighted by molar-refractivity contribution is 5.55. The molecule has 90 valence electrons. The normalized spacial score (nSPS) is 12.1. The number of benzene rings is 1. The largest absolute Gasteiger partial charge is 0.496 e. The summed E-state index contributed by atoms with van der Waals surface area (Å²) in [5, 5.41) is 9.11. The first-order valence-corrected chi connectivity index (χ1v) is 4.84. The molecule has 0 bridgehead atoms. The lowest BCUT2D eigenvalue weighted by molar-refractivity contribution is 0.258. The molecule has 1 aromatic rings. The zero-order valence-corrected chi connectivity index (χ0v) is 9.69. The van der Waals surface area contributed by atoms with Crippen molar-refractivity contribution in [3.8, 4) is 17.2 Å². The second-order valence-corrected chi connectivity index (χ2v) is 3.21. The molecule has 0 spiro atoms. The predicted octanol–water partition coefficient (Wildman–Crippen LogP) is 0.705. The number of hydrogen-bond acceptors (Lipinski definition) is 5. The van der Waals surface area contributed by atoms with Gasteiger partial charge in [0.1, 0.15) is 5.75 Å². The van der Waals surface area contributed by atoms with E-state index in [4.69, 9.17) is 25.1 Å². The summed E-state index contributed by atoms with van der Waals surface area (Å²) in [7, 11) is 4.60. The number of rotatable bonds is 5. The highest BCUT2D eigenvalue weighted by Crippen LogP contribution is 2.40. The van der Waals surface area contributed by atoms with E-state index < -0.39 is 6.04 Å². The molecule has 0 aliphatic heterocycles. The maximum absolute atomic E-state index is 9.11. The topological polar surface area (TPSA) is 73.9 Å². The minimum absolute atomic E-state index is 0.195. The van der Waals surface area contributed by atoms with Crippen molar-refractivity contribution in [3.05, 3.63) is 17.7 Å². The minimum atomic E-state index is -0.569. The van der Waals surface area contributed by atoms with Crippen molar-refractivity contribution in [2.45, 2.75) is 6.04 Å². The summed E-state index contributed by atoms with van der Waals surface area (Å²) in [6, 6.07) is 2.89. The van der Waals surface area contributed by atoms with Crippen molar-refractivity contribution >= 4 is 0 Å². The molecule has 0 aromatic heterocycles. The van der Waals surface area contributed by atoms with Crippen LogP contribution in [0.4, 0.5) is 0 Å². The summed E-state index contributed by atoms with van der Waals surface area (Å²) >= 11 is 0. The lowest BCUT2D eigenvalue weighted by atomic mass is 10.0. The van der Waals surface area contributed by atoms with Gasteiger partial charge < -0.3 is 25.1 Å². The van der Waals surface area contributed by atoms with Crippen LogP contribution in [0.15, 0.2) is 12.1 Å². The van der Waals surface area contributed by atoms with Crippen LogP contribution in [0.3, 0.4) is 0 Å². The number of methoxy groups -OCH3 is 3. The average Bonchev–Trinajstić information content (AvgIpc) is 2.35. The quantitative estimate of drug-likeness (QED) is 0.774. The van der Waals surface area contributed by atoms with Gasteiger partial charge >= 0.3 is 0 Å². The van der Waals surface area contributed by atoms with Gasteiger partial charge in [0.2, 0.25) is 0 Å². The van der Waals surface area contributed by atoms with Gasteiger partial charge in [-0.25, -0.2) is 0 Å². The van der Waals surface area contributed by atoms with Crippen LogP contribution in [0.25, 0.3) is 0 Å². The van der Waals surface area contributed by atoms with Gasteiger partial charge in [-0.15, -0.1) is 0 Å². The molecule has 0 aliphatic carbocycles. The molecule has 0 aliphatic rings. The van der Waals surface area contributed by atoms with Crippen LogP contribution in [-0.2, 0) is 0 Å². The van der Waals surface area contributed by atoms with Gasteiger partial charge in [-0.3, -0.25) is 0 Å². The third-order valence-corrected chi connectivity index (χ3v) is 2.33. The van der Waals surface area contributed by atoms with Gasteiger partial charge in [-0.1, -0.05) is 0 Å². The first-order valence-electron chi connectivity index (χ1n) is 4.84. The summed E-state index contributed by atoms with van der Waals surface area (Å²) in [5.74, 6) is 1.62. The van der Waals surface area contributed by atoms with Crippen LogP contribution in [0.2, 0.25) is 0 Å². The number of aliphatic hydroxyl groups excluding tert-OH is 1. The molecule has 0 saturated carbocycles. The molecule has 5 nitrogen and oxygen atoms in total. The highest BCUT2D eigenvalue weighted by atomic mass is 16.5. The van der Waals surface area contributed by atoms with Gasteiger partial charge in [0.25, 0.3) is 0 Å². The smallest absolute Gasteiger partial charge is 0.169 e. The van der Waals surface area contributed by atoms with Crippen molar-refractivity contribution < 1.29 is 19.3 Å². The predicted molar refractivity (Wildman–Crippen MR) is 60.1 cm³/mol. The molecule has 0 heterocycles. The number of hydrogen-bond donors (Lipinski definition) is 2. The fourth-order valence-electron chi connectivity index (χ4n) is 1.55. The summed E-state index contributed by atoms with van der Waals surface area (Å²) < 4.78 is 15.6. The summed E-state index contributed by atoms with van der Waals surface area (Å²) in [6.07, 6.45) is 0. The molecule has 5 heteroatoms. The summed E-state index contributed by atoms with van der Waals surface area (Å²) in [5.41, 5.74) is 6.41. The standard InChI is InChI=1S/C11H17NO4/c1-14-8-4-5-9(15-2)11(16-3)10(8)7(12)6-13/h4-5,7,13H,6,12H2,1-3H3/t7-/m1/s1. The third kappa shape index (κ3) is 2.20. The Morgan fingerprint density at radius 3 is 2.12 bits per heavy atom. The zero-order valence-electron chi connectivity index (χ0n) is 9.69. The first-order chi connectivity index (χ1) is 7.69. The fraction of sp³-hybridized carbons (Fsp3) is 0.455. The van der Waals surface area contributed by atoms with Gasteiger partial charge in [-0.2, -0.15) is 0 Å². The van der Waals surface area contributed by atoms with E-state index in [-0.39, 0.29) is 6.61 Å². The molecule has 3 N–H and O–H groups in total. The molecule has 1 aromatic carbocycles. The van der Waals surface area contributed by atoms with Gasteiger partial charge in [-0.05, 0) is 12.1 Å². The Morgan fingerprint density at radius 2 is 1.69 bits per heavy atom. The number of ether oxygens (including phenoxy) is 3. The Morgan fingerprint density at radius 1 is 1.12 bits per heavy atom. The summed E-state index contributed by atoms with van der Waals surface area (Å²) in [4.78, 5) is 0. The molecule has 0 unspecified atom stereocenters. The van der Waals surface area contributed by atoms with E-state index in [1.165, 1.54) is 14.2 Å². The molecular weight excluding hydrogens is 210 g/mol. The second-order valence-electron chi connectivity index (χ2n) is 3.21. The van der Waals surface area contributed by atoms with Crippen LogP contribution in [0.1, 0.15) is 11.6 Å². The van der Waals surface area contributed by atoms with Crippen LogP contribution in [-0.4, -0.2) is 33.0 Å². The SMILES string of the molecule is COc1ccc(OC)c([C@H](N)CO)c1OC. The molecular formula is C11H17NO4.